The molecule has 2 amide bonds. The van der Waals surface area contributed by atoms with Gasteiger partial charge in [0.05, 0.1) is 11.7 Å². The molecule has 0 radical (unpaired) electrons. The molecule has 0 heterocycles. The van der Waals surface area contributed by atoms with Crippen molar-refractivity contribution in [3.8, 4) is 5.75 Å². The van der Waals surface area contributed by atoms with Crippen LogP contribution in [0.5, 0.6) is 5.75 Å². The molecule has 7 heteroatoms. The van der Waals surface area contributed by atoms with Crippen molar-refractivity contribution in [2.24, 2.45) is 0 Å². The molecule has 0 unspecified atom stereocenters. The Morgan fingerprint density at radius 1 is 0.821 bits per heavy atom. The second-order valence-electron chi connectivity index (χ2n) is 6.49. The first-order valence-electron chi connectivity index (χ1n) is 8.91. The zero-order valence-corrected chi connectivity index (χ0v) is 16.3. The number of carbonyl (C=O) groups excluding carboxylic acids is 3. The number of hydrogen-bond acceptors (Lipinski definition) is 5. The van der Waals surface area contributed by atoms with E-state index in [0.717, 1.165) is 0 Å². The summed E-state index contributed by atoms with van der Waals surface area (Å²) in [6, 6.07) is 13.1. The van der Waals surface area contributed by atoms with Crippen molar-refractivity contribution >= 4 is 29.2 Å². The number of hydrogen-bond donors (Lipinski definition) is 2. The lowest BCUT2D eigenvalue weighted by molar-refractivity contribution is -0.123. The molecule has 2 aromatic rings. The molecule has 0 aliphatic rings. The molecule has 0 fully saturated rings. The minimum absolute atomic E-state index is 0.0360. The molecule has 1 atom stereocenters. The Hall–Kier alpha value is -3.35. The fourth-order valence-corrected chi connectivity index (χ4v) is 2.31. The predicted octanol–water partition coefficient (Wildman–Crippen LogP) is 3.62. The van der Waals surface area contributed by atoms with Gasteiger partial charge in [0.2, 0.25) is 5.91 Å². The van der Waals surface area contributed by atoms with E-state index in [1.165, 1.54) is 13.8 Å². The van der Waals surface area contributed by atoms with E-state index >= 15 is 0 Å². The number of esters is 1. The van der Waals surface area contributed by atoms with Crippen LogP contribution in [0.15, 0.2) is 48.5 Å². The highest BCUT2D eigenvalue weighted by atomic mass is 16.5. The van der Waals surface area contributed by atoms with Crippen LogP contribution in [0.2, 0.25) is 0 Å². The summed E-state index contributed by atoms with van der Waals surface area (Å²) >= 11 is 0. The van der Waals surface area contributed by atoms with Gasteiger partial charge in [0.25, 0.3) is 5.91 Å². The number of rotatable bonds is 7. The van der Waals surface area contributed by atoms with Crippen LogP contribution in [-0.2, 0) is 14.3 Å². The molecule has 7 nitrogen and oxygen atoms in total. The molecule has 0 bridgehead atoms. The normalized spacial score (nSPS) is 11.5. The molecule has 0 saturated carbocycles. The number of amides is 2. The summed E-state index contributed by atoms with van der Waals surface area (Å²) in [4.78, 5) is 35.5. The lowest BCUT2D eigenvalue weighted by atomic mass is 10.2. The molecule has 2 rings (SSSR count). The molecular formula is C21H24N2O5. The largest absolute Gasteiger partial charge is 0.491 e. The van der Waals surface area contributed by atoms with Gasteiger partial charge in [0, 0.05) is 18.3 Å². The monoisotopic (exact) mass is 384 g/mol. The van der Waals surface area contributed by atoms with Crippen molar-refractivity contribution in [1.82, 2.24) is 0 Å². The highest BCUT2D eigenvalue weighted by Gasteiger charge is 2.19. The lowest BCUT2D eigenvalue weighted by Gasteiger charge is -2.14. The van der Waals surface area contributed by atoms with Crippen molar-refractivity contribution in [3.05, 3.63) is 54.1 Å². The summed E-state index contributed by atoms with van der Waals surface area (Å²) in [6.07, 6.45) is -0.942. The molecule has 28 heavy (non-hydrogen) atoms. The van der Waals surface area contributed by atoms with E-state index in [4.69, 9.17) is 9.47 Å². The Bertz CT molecular complexity index is 829. The zero-order valence-electron chi connectivity index (χ0n) is 16.3. The zero-order chi connectivity index (χ0) is 20.7. The molecule has 0 saturated heterocycles. The molecule has 2 N–H and O–H groups in total. The highest BCUT2D eigenvalue weighted by molar-refractivity contribution is 5.97. The van der Waals surface area contributed by atoms with Gasteiger partial charge in [-0.3, -0.25) is 9.59 Å². The van der Waals surface area contributed by atoms with Crippen molar-refractivity contribution < 1.29 is 23.9 Å². The smallest absolute Gasteiger partial charge is 0.338 e. The second kappa shape index (κ2) is 9.55. The summed E-state index contributed by atoms with van der Waals surface area (Å²) in [5.41, 5.74) is 1.47. The summed E-state index contributed by atoms with van der Waals surface area (Å²) in [5, 5.41) is 5.30. The molecule has 0 aliphatic heterocycles. The van der Waals surface area contributed by atoms with Crippen LogP contribution < -0.4 is 15.4 Å². The first-order chi connectivity index (χ1) is 13.2. The summed E-state index contributed by atoms with van der Waals surface area (Å²) in [7, 11) is 0. The maximum absolute atomic E-state index is 12.2. The van der Waals surface area contributed by atoms with Crippen molar-refractivity contribution in [3.63, 3.8) is 0 Å². The van der Waals surface area contributed by atoms with Gasteiger partial charge in [-0.2, -0.15) is 0 Å². The first kappa shape index (κ1) is 21.0. The van der Waals surface area contributed by atoms with Gasteiger partial charge in [0.1, 0.15) is 5.75 Å². The van der Waals surface area contributed by atoms with Crippen LogP contribution in [-0.4, -0.2) is 30.0 Å². The number of benzene rings is 2. The van der Waals surface area contributed by atoms with E-state index in [1.807, 2.05) is 13.8 Å². The van der Waals surface area contributed by atoms with Gasteiger partial charge in [-0.25, -0.2) is 4.79 Å². The average Bonchev–Trinajstić information content (AvgIpc) is 2.63. The van der Waals surface area contributed by atoms with Crippen LogP contribution in [0.25, 0.3) is 0 Å². The van der Waals surface area contributed by atoms with Gasteiger partial charge in [0.15, 0.2) is 6.10 Å². The molecule has 0 spiro atoms. The van der Waals surface area contributed by atoms with Gasteiger partial charge in [-0.05, 0) is 69.3 Å². The van der Waals surface area contributed by atoms with E-state index in [9.17, 15) is 14.4 Å². The quantitative estimate of drug-likeness (QED) is 0.711. The maximum atomic E-state index is 12.2. The first-order valence-corrected chi connectivity index (χ1v) is 8.91. The maximum Gasteiger partial charge on any atom is 0.338 e. The van der Waals surface area contributed by atoms with Crippen LogP contribution >= 0.6 is 0 Å². The third-order valence-electron chi connectivity index (χ3n) is 3.59. The predicted molar refractivity (Wildman–Crippen MR) is 106 cm³/mol. The topological polar surface area (TPSA) is 93.7 Å². The third-order valence-corrected chi connectivity index (χ3v) is 3.59. The Balaban J connectivity index is 1.90. The second-order valence-corrected chi connectivity index (χ2v) is 6.49. The fraction of sp³-hybridized carbons (Fsp3) is 0.286. The molecule has 0 aliphatic carbocycles. The number of anilines is 2. The summed E-state index contributed by atoms with van der Waals surface area (Å²) < 4.78 is 10.7. The summed E-state index contributed by atoms with van der Waals surface area (Å²) in [6.45, 7) is 6.73. The van der Waals surface area contributed by atoms with E-state index in [0.29, 0.717) is 22.7 Å². The van der Waals surface area contributed by atoms with Crippen LogP contribution in [0, 0.1) is 0 Å². The fourth-order valence-electron chi connectivity index (χ4n) is 2.31. The van der Waals surface area contributed by atoms with Gasteiger partial charge >= 0.3 is 5.97 Å². The SMILES string of the molecule is CC(=O)Nc1ccc(NC(=O)[C@@H](C)OC(=O)c2ccc(OC(C)C)cc2)cc1. The summed E-state index contributed by atoms with van der Waals surface area (Å²) in [5.74, 6) is -0.582. The molecular weight excluding hydrogens is 360 g/mol. The van der Waals surface area contributed by atoms with Crippen LogP contribution in [0.3, 0.4) is 0 Å². The van der Waals surface area contributed by atoms with E-state index in [2.05, 4.69) is 10.6 Å². The van der Waals surface area contributed by atoms with Crippen molar-refractivity contribution in [1.29, 1.82) is 0 Å². The number of ether oxygens (including phenoxy) is 2. The molecule has 2 aromatic carbocycles. The van der Waals surface area contributed by atoms with E-state index in [-0.39, 0.29) is 12.0 Å². The Morgan fingerprint density at radius 2 is 1.36 bits per heavy atom. The van der Waals surface area contributed by atoms with Crippen LogP contribution in [0.1, 0.15) is 38.1 Å². The highest BCUT2D eigenvalue weighted by Crippen LogP contribution is 2.16. The van der Waals surface area contributed by atoms with E-state index in [1.54, 1.807) is 48.5 Å². The lowest BCUT2D eigenvalue weighted by Crippen LogP contribution is -2.30. The average molecular weight is 384 g/mol. The standard InChI is InChI=1S/C21H24N2O5/c1-13(2)27-19-11-5-16(6-12-19)21(26)28-14(3)20(25)23-18-9-7-17(8-10-18)22-15(4)24/h5-14H,1-4H3,(H,22,24)(H,23,25)/t14-/m1/s1. The van der Waals surface area contributed by atoms with Crippen molar-refractivity contribution in [2.45, 2.75) is 39.9 Å². The Morgan fingerprint density at radius 3 is 1.86 bits per heavy atom. The van der Waals surface area contributed by atoms with Gasteiger partial charge < -0.3 is 20.1 Å². The van der Waals surface area contributed by atoms with E-state index < -0.39 is 18.0 Å². The van der Waals surface area contributed by atoms with Crippen molar-refractivity contribution in [2.75, 3.05) is 10.6 Å². The number of nitrogens with one attached hydrogen (secondary N) is 2. The van der Waals surface area contributed by atoms with Gasteiger partial charge in [-0.15, -0.1) is 0 Å². The number of carbonyl (C=O) groups is 3. The molecule has 148 valence electrons. The Kier molecular flexibility index (Phi) is 7.14. The van der Waals surface area contributed by atoms with Crippen LogP contribution in [0.4, 0.5) is 11.4 Å². The van der Waals surface area contributed by atoms with Gasteiger partial charge in [-0.1, -0.05) is 0 Å². The Labute approximate surface area is 164 Å². The third kappa shape index (κ3) is 6.42. The molecule has 0 aromatic heterocycles. The minimum Gasteiger partial charge on any atom is -0.491 e. The minimum atomic E-state index is -0.978.